The van der Waals surface area contributed by atoms with Gasteiger partial charge in [0.05, 0.1) is 17.0 Å². The summed E-state index contributed by atoms with van der Waals surface area (Å²) in [6.07, 6.45) is 6.25. The fourth-order valence-corrected chi connectivity index (χ4v) is 3.44. The summed E-state index contributed by atoms with van der Waals surface area (Å²) < 4.78 is 14.6. The standard InChI is InChI=1S/C20H20FN7O/c21-14-7-11(17-13(8-22)18(23)26-10-25-17)5-6-12(14)9-24-20(29)19-27-15-3-1-2-4-16(15)28-19/h5-8,10,22H,1-4,9H2,(H,24,29)(H,27,28)(H2,23,25,26). The Morgan fingerprint density at radius 3 is 2.90 bits per heavy atom. The maximum atomic E-state index is 14.6. The minimum Gasteiger partial charge on any atom is -0.383 e. The number of anilines is 1. The number of amides is 1. The second-order valence-corrected chi connectivity index (χ2v) is 6.87. The molecule has 4 rings (SSSR count). The lowest BCUT2D eigenvalue weighted by Gasteiger charge is -2.09. The molecule has 5 N–H and O–H groups in total. The van der Waals surface area contributed by atoms with Crippen LogP contribution in [0.5, 0.6) is 0 Å². The fraction of sp³-hybridized carbons (Fsp3) is 0.250. The van der Waals surface area contributed by atoms with Gasteiger partial charge in [-0.2, -0.15) is 0 Å². The Hall–Kier alpha value is -3.62. The SMILES string of the molecule is N=Cc1c(N)ncnc1-c1ccc(CNC(=O)c2nc3c([nH]2)CCCC3)c(F)c1. The van der Waals surface area contributed by atoms with Crippen molar-refractivity contribution >= 4 is 17.9 Å². The Morgan fingerprint density at radius 1 is 1.31 bits per heavy atom. The summed E-state index contributed by atoms with van der Waals surface area (Å²) in [5.41, 5.74) is 9.23. The van der Waals surface area contributed by atoms with Gasteiger partial charge in [0.1, 0.15) is 18.0 Å². The molecule has 9 heteroatoms. The lowest BCUT2D eigenvalue weighted by atomic mass is 10.0. The summed E-state index contributed by atoms with van der Waals surface area (Å²) in [5, 5.41) is 10.2. The number of nitrogen functional groups attached to an aromatic ring is 1. The predicted molar refractivity (Wildman–Crippen MR) is 106 cm³/mol. The number of carbonyl (C=O) groups excluding carboxylic acids is 1. The molecule has 0 spiro atoms. The molecular weight excluding hydrogens is 373 g/mol. The van der Waals surface area contributed by atoms with E-state index in [1.54, 1.807) is 12.1 Å². The maximum Gasteiger partial charge on any atom is 0.287 e. The number of nitrogens with one attached hydrogen (secondary N) is 3. The Kier molecular flexibility index (Phi) is 5.03. The van der Waals surface area contributed by atoms with Gasteiger partial charge in [-0.3, -0.25) is 4.79 Å². The van der Waals surface area contributed by atoms with Crippen LogP contribution in [-0.2, 0) is 19.4 Å². The molecule has 0 bridgehead atoms. The average Bonchev–Trinajstić information content (AvgIpc) is 3.17. The van der Waals surface area contributed by atoms with Crippen LogP contribution in [-0.4, -0.2) is 32.1 Å². The van der Waals surface area contributed by atoms with Crippen LogP contribution in [0, 0.1) is 11.2 Å². The Balaban J connectivity index is 1.49. The van der Waals surface area contributed by atoms with Crippen molar-refractivity contribution in [3.8, 4) is 11.3 Å². The van der Waals surface area contributed by atoms with Crippen molar-refractivity contribution in [2.75, 3.05) is 5.73 Å². The van der Waals surface area contributed by atoms with E-state index in [0.29, 0.717) is 22.4 Å². The fourth-order valence-electron chi connectivity index (χ4n) is 3.44. The van der Waals surface area contributed by atoms with E-state index in [2.05, 4.69) is 25.3 Å². The number of fused-ring (bicyclic) bond motifs is 1. The molecular formula is C20H20FN7O. The number of rotatable bonds is 5. The normalized spacial score (nSPS) is 13.0. The van der Waals surface area contributed by atoms with E-state index in [1.165, 1.54) is 12.4 Å². The van der Waals surface area contributed by atoms with E-state index in [-0.39, 0.29) is 24.1 Å². The molecule has 148 valence electrons. The number of aryl methyl sites for hydroxylation is 2. The van der Waals surface area contributed by atoms with Crippen molar-refractivity contribution in [2.24, 2.45) is 0 Å². The van der Waals surface area contributed by atoms with E-state index in [1.807, 2.05) is 0 Å². The van der Waals surface area contributed by atoms with Crippen LogP contribution in [0.15, 0.2) is 24.5 Å². The van der Waals surface area contributed by atoms with E-state index in [9.17, 15) is 9.18 Å². The average molecular weight is 393 g/mol. The van der Waals surface area contributed by atoms with Crippen LogP contribution in [0.25, 0.3) is 11.3 Å². The first-order valence-electron chi connectivity index (χ1n) is 9.32. The predicted octanol–water partition coefficient (Wildman–Crippen LogP) is 2.39. The first-order chi connectivity index (χ1) is 14.1. The zero-order valence-corrected chi connectivity index (χ0v) is 15.6. The third-order valence-corrected chi connectivity index (χ3v) is 4.99. The van der Waals surface area contributed by atoms with Crippen LogP contribution < -0.4 is 11.1 Å². The molecule has 0 saturated carbocycles. The van der Waals surface area contributed by atoms with Crippen LogP contribution >= 0.6 is 0 Å². The summed E-state index contributed by atoms with van der Waals surface area (Å²) >= 11 is 0. The quantitative estimate of drug-likeness (QED) is 0.494. The molecule has 0 saturated heterocycles. The Morgan fingerprint density at radius 2 is 2.14 bits per heavy atom. The number of halogens is 1. The molecule has 2 aromatic heterocycles. The molecule has 3 aromatic rings. The van der Waals surface area contributed by atoms with Gasteiger partial charge in [0.25, 0.3) is 5.91 Å². The highest BCUT2D eigenvalue weighted by Gasteiger charge is 2.18. The number of aromatic amines is 1. The lowest BCUT2D eigenvalue weighted by molar-refractivity contribution is 0.0941. The first kappa shape index (κ1) is 18.7. The summed E-state index contributed by atoms with van der Waals surface area (Å²) in [7, 11) is 0. The van der Waals surface area contributed by atoms with Gasteiger partial charge in [0.15, 0.2) is 5.82 Å². The van der Waals surface area contributed by atoms with Gasteiger partial charge >= 0.3 is 0 Å². The monoisotopic (exact) mass is 393 g/mol. The molecule has 0 atom stereocenters. The number of aromatic nitrogens is 4. The number of H-pyrrole nitrogens is 1. The van der Waals surface area contributed by atoms with Gasteiger partial charge in [-0.15, -0.1) is 0 Å². The van der Waals surface area contributed by atoms with E-state index >= 15 is 0 Å². The Labute approximate surface area is 166 Å². The topological polar surface area (TPSA) is 133 Å². The van der Waals surface area contributed by atoms with E-state index in [0.717, 1.165) is 43.3 Å². The molecule has 8 nitrogen and oxygen atoms in total. The van der Waals surface area contributed by atoms with Crippen LogP contribution in [0.4, 0.5) is 10.2 Å². The van der Waals surface area contributed by atoms with Crippen LogP contribution in [0.2, 0.25) is 0 Å². The van der Waals surface area contributed by atoms with Crippen molar-refractivity contribution in [3.05, 3.63) is 58.7 Å². The van der Waals surface area contributed by atoms with E-state index < -0.39 is 5.82 Å². The smallest absolute Gasteiger partial charge is 0.287 e. The number of hydrogen-bond donors (Lipinski definition) is 4. The number of nitrogens with zero attached hydrogens (tertiary/aromatic N) is 3. The highest BCUT2D eigenvalue weighted by molar-refractivity contribution is 5.92. The summed E-state index contributed by atoms with van der Waals surface area (Å²) in [5.74, 6) is -0.434. The van der Waals surface area contributed by atoms with Crippen LogP contribution in [0.3, 0.4) is 0 Å². The molecule has 0 unspecified atom stereocenters. The number of imidazole rings is 1. The molecule has 29 heavy (non-hydrogen) atoms. The van der Waals surface area contributed by atoms with Gasteiger partial charge in [-0.1, -0.05) is 12.1 Å². The van der Waals surface area contributed by atoms with Gasteiger partial charge in [0, 0.05) is 29.6 Å². The maximum absolute atomic E-state index is 14.6. The minimum atomic E-state index is -0.491. The second kappa shape index (κ2) is 7.78. The van der Waals surface area contributed by atoms with Crippen molar-refractivity contribution in [3.63, 3.8) is 0 Å². The molecule has 1 aliphatic carbocycles. The van der Waals surface area contributed by atoms with Crippen molar-refractivity contribution in [1.82, 2.24) is 25.3 Å². The van der Waals surface area contributed by atoms with Gasteiger partial charge < -0.3 is 21.4 Å². The zero-order valence-electron chi connectivity index (χ0n) is 15.6. The number of hydrogen-bond acceptors (Lipinski definition) is 6. The molecule has 1 amide bonds. The minimum absolute atomic E-state index is 0.0274. The highest BCUT2D eigenvalue weighted by atomic mass is 19.1. The summed E-state index contributed by atoms with van der Waals surface area (Å²) in [4.78, 5) is 27.7. The van der Waals surface area contributed by atoms with Gasteiger partial charge in [0.2, 0.25) is 0 Å². The van der Waals surface area contributed by atoms with Crippen molar-refractivity contribution in [2.45, 2.75) is 32.2 Å². The number of carbonyl (C=O) groups is 1. The van der Waals surface area contributed by atoms with Crippen molar-refractivity contribution < 1.29 is 9.18 Å². The Bertz CT molecular complexity index is 1070. The van der Waals surface area contributed by atoms with Crippen molar-refractivity contribution in [1.29, 1.82) is 5.41 Å². The zero-order chi connectivity index (χ0) is 20.4. The molecule has 1 aromatic carbocycles. The second-order valence-electron chi connectivity index (χ2n) is 6.87. The third-order valence-electron chi connectivity index (χ3n) is 4.99. The first-order valence-corrected chi connectivity index (χ1v) is 9.32. The number of nitrogens with two attached hydrogens (primary N) is 1. The third kappa shape index (κ3) is 3.71. The van der Waals surface area contributed by atoms with Gasteiger partial charge in [-0.25, -0.2) is 19.3 Å². The van der Waals surface area contributed by atoms with Gasteiger partial charge in [-0.05, 0) is 31.7 Å². The molecule has 0 radical (unpaired) electrons. The highest BCUT2D eigenvalue weighted by Crippen LogP contribution is 2.25. The summed E-state index contributed by atoms with van der Waals surface area (Å²) in [6, 6.07) is 4.55. The molecule has 1 aliphatic rings. The molecule has 0 fully saturated rings. The van der Waals surface area contributed by atoms with E-state index in [4.69, 9.17) is 11.1 Å². The van der Waals surface area contributed by atoms with Crippen LogP contribution in [0.1, 0.15) is 46.0 Å². The summed E-state index contributed by atoms with van der Waals surface area (Å²) in [6.45, 7) is 0.0274. The lowest BCUT2D eigenvalue weighted by Crippen LogP contribution is -2.24. The number of benzene rings is 1. The molecule has 0 aliphatic heterocycles. The largest absolute Gasteiger partial charge is 0.383 e. The molecule has 2 heterocycles.